The van der Waals surface area contributed by atoms with Crippen LogP contribution in [0.3, 0.4) is 0 Å². The first kappa shape index (κ1) is 17.8. The number of hydrogen-bond donors (Lipinski definition) is 2. The largest absolute Gasteiger partial charge is 0.497 e. The van der Waals surface area contributed by atoms with Crippen molar-refractivity contribution < 1.29 is 19.1 Å². The van der Waals surface area contributed by atoms with Crippen LogP contribution in [0.5, 0.6) is 5.75 Å². The van der Waals surface area contributed by atoms with Crippen LogP contribution in [-0.2, 0) is 9.59 Å². The van der Waals surface area contributed by atoms with Crippen LogP contribution in [0.25, 0.3) is 0 Å². The van der Waals surface area contributed by atoms with Gasteiger partial charge < -0.3 is 15.4 Å². The van der Waals surface area contributed by atoms with Crippen LogP contribution in [0, 0.1) is 5.92 Å². The maximum atomic E-state index is 12.5. The number of amides is 4. The Labute approximate surface area is 141 Å². The molecule has 0 bridgehead atoms. The Morgan fingerprint density at radius 2 is 1.92 bits per heavy atom. The van der Waals surface area contributed by atoms with Gasteiger partial charge >= 0.3 is 6.03 Å². The van der Waals surface area contributed by atoms with Gasteiger partial charge in [0.1, 0.15) is 17.8 Å². The van der Waals surface area contributed by atoms with Crippen molar-refractivity contribution in [2.75, 3.05) is 19.0 Å². The zero-order chi connectivity index (χ0) is 17.9. The van der Waals surface area contributed by atoms with Crippen molar-refractivity contribution in [3.63, 3.8) is 0 Å². The smallest absolute Gasteiger partial charge is 0.325 e. The van der Waals surface area contributed by atoms with E-state index in [4.69, 9.17) is 4.74 Å². The molecule has 1 saturated heterocycles. The molecule has 1 aliphatic heterocycles. The quantitative estimate of drug-likeness (QED) is 0.779. The van der Waals surface area contributed by atoms with Gasteiger partial charge in [0.25, 0.3) is 5.91 Å². The second kappa shape index (κ2) is 6.90. The van der Waals surface area contributed by atoms with Crippen LogP contribution < -0.4 is 15.4 Å². The third-order valence-corrected chi connectivity index (χ3v) is 3.84. The first-order valence-corrected chi connectivity index (χ1v) is 7.83. The Hall–Kier alpha value is -2.57. The van der Waals surface area contributed by atoms with E-state index in [0.717, 1.165) is 4.90 Å². The molecule has 2 rings (SSSR count). The summed E-state index contributed by atoms with van der Waals surface area (Å²) >= 11 is 0. The third-order valence-electron chi connectivity index (χ3n) is 3.84. The number of methoxy groups -OCH3 is 1. The Bertz CT molecular complexity index is 642. The zero-order valence-corrected chi connectivity index (χ0v) is 14.4. The molecule has 0 saturated carbocycles. The molecule has 1 aromatic rings. The summed E-state index contributed by atoms with van der Waals surface area (Å²) in [6.07, 6.45) is 0.522. The highest BCUT2D eigenvalue weighted by Crippen LogP contribution is 2.25. The Kier molecular flexibility index (Phi) is 5.11. The topological polar surface area (TPSA) is 87.7 Å². The summed E-state index contributed by atoms with van der Waals surface area (Å²) in [5.41, 5.74) is -0.385. The maximum absolute atomic E-state index is 12.5. The standard InChI is InChI=1S/C17H23N3O4/c1-11(2)9-17(3)15(22)20(16(23)19-17)10-14(21)18-12-5-7-13(24-4)8-6-12/h5-8,11H,9-10H2,1-4H3,(H,18,21)(H,19,23). The van der Waals surface area contributed by atoms with E-state index >= 15 is 0 Å². The summed E-state index contributed by atoms with van der Waals surface area (Å²) in [4.78, 5) is 37.6. The summed E-state index contributed by atoms with van der Waals surface area (Å²) in [6.45, 7) is 5.33. The fraction of sp³-hybridized carbons (Fsp3) is 0.471. The molecule has 0 radical (unpaired) electrons. The van der Waals surface area contributed by atoms with Gasteiger partial charge in [0.15, 0.2) is 0 Å². The summed E-state index contributed by atoms with van der Waals surface area (Å²) < 4.78 is 5.05. The predicted octanol–water partition coefficient (Wildman–Crippen LogP) is 1.99. The molecule has 1 unspecified atom stereocenters. The average molecular weight is 333 g/mol. The average Bonchev–Trinajstić information content (AvgIpc) is 2.70. The van der Waals surface area contributed by atoms with Gasteiger partial charge in [-0.25, -0.2) is 4.79 Å². The number of ether oxygens (including phenoxy) is 1. The number of rotatable bonds is 6. The highest BCUT2D eigenvalue weighted by atomic mass is 16.5. The van der Waals surface area contributed by atoms with E-state index < -0.39 is 17.5 Å². The second-order valence-electron chi connectivity index (χ2n) is 6.53. The lowest BCUT2D eigenvalue weighted by atomic mass is 9.91. The summed E-state index contributed by atoms with van der Waals surface area (Å²) in [6, 6.07) is 6.26. The van der Waals surface area contributed by atoms with Crippen molar-refractivity contribution in [3.8, 4) is 5.75 Å². The Balaban J connectivity index is 2.00. The van der Waals surface area contributed by atoms with Gasteiger partial charge in [-0.1, -0.05) is 13.8 Å². The van der Waals surface area contributed by atoms with Crippen LogP contribution in [0.1, 0.15) is 27.2 Å². The van der Waals surface area contributed by atoms with Gasteiger partial charge in [-0.3, -0.25) is 14.5 Å². The zero-order valence-electron chi connectivity index (χ0n) is 14.4. The van der Waals surface area contributed by atoms with Gasteiger partial charge in [-0.2, -0.15) is 0 Å². The molecule has 24 heavy (non-hydrogen) atoms. The summed E-state index contributed by atoms with van der Waals surface area (Å²) in [7, 11) is 1.55. The van der Waals surface area contributed by atoms with E-state index in [0.29, 0.717) is 17.9 Å². The molecule has 7 heteroatoms. The monoisotopic (exact) mass is 333 g/mol. The van der Waals surface area contributed by atoms with Gasteiger partial charge in [0.05, 0.1) is 7.11 Å². The molecule has 4 amide bonds. The second-order valence-corrected chi connectivity index (χ2v) is 6.53. The van der Waals surface area contributed by atoms with Crippen molar-refractivity contribution >= 4 is 23.5 Å². The van der Waals surface area contributed by atoms with Crippen molar-refractivity contribution in [2.24, 2.45) is 5.92 Å². The fourth-order valence-electron chi connectivity index (χ4n) is 2.86. The molecule has 1 atom stereocenters. The molecule has 1 aromatic carbocycles. The maximum Gasteiger partial charge on any atom is 0.325 e. The SMILES string of the molecule is COc1ccc(NC(=O)CN2C(=O)NC(C)(CC(C)C)C2=O)cc1. The van der Waals surface area contributed by atoms with Crippen LogP contribution in [0.15, 0.2) is 24.3 Å². The highest BCUT2D eigenvalue weighted by molar-refractivity contribution is 6.09. The number of benzene rings is 1. The lowest BCUT2D eigenvalue weighted by Crippen LogP contribution is -2.45. The van der Waals surface area contributed by atoms with Gasteiger partial charge in [0, 0.05) is 5.69 Å². The number of carbonyl (C=O) groups excluding carboxylic acids is 3. The number of imide groups is 1. The number of nitrogens with one attached hydrogen (secondary N) is 2. The summed E-state index contributed by atoms with van der Waals surface area (Å²) in [5, 5.41) is 5.35. The molecular weight excluding hydrogens is 310 g/mol. The van der Waals surface area contributed by atoms with Crippen molar-refractivity contribution in [1.82, 2.24) is 10.2 Å². The molecule has 130 valence electrons. The van der Waals surface area contributed by atoms with E-state index in [1.165, 1.54) is 0 Å². The molecule has 1 fully saturated rings. The van der Waals surface area contributed by atoms with Crippen LogP contribution in [0.4, 0.5) is 10.5 Å². The molecule has 0 aliphatic carbocycles. The summed E-state index contributed by atoms with van der Waals surface area (Å²) in [5.74, 6) is 0.113. The minimum absolute atomic E-state index is 0.243. The van der Waals surface area contributed by atoms with E-state index in [1.807, 2.05) is 13.8 Å². The lowest BCUT2D eigenvalue weighted by Gasteiger charge is -2.23. The van der Waals surface area contributed by atoms with E-state index in [2.05, 4.69) is 10.6 Å². The van der Waals surface area contributed by atoms with Crippen LogP contribution >= 0.6 is 0 Å². The van der Waals surface area contributed by atoms with Gasteiger partial charge in [0.2, 0.25) is 5.91 Å². The van der Waals surface area contributed by atoms with Crippen molar-refractivity contribution in [2.45, 2.75) is 32.7 Å². The third kappa shape index (κ3) is 3.84. The van der Waals surface area contributed by atoms with Crippen molar-refractivity contribution in [3.05, 3.63) is 24.3 Å². The van der Waals surface area contributed by atoms with E-state index in [-0.39, 0.29) is 18.4 Å². The van der Waals surface area contributed by atoms with Gasteiger partial charge in [-0.15, -0.1) is 0 Å². The molecule has 1 aliphatic rings. The van der Waals surface area contributed by atoms with E-state index in [9.17, 15) is 14.4 Å². The molecule has 2 N–H and O–H groups in total. The highest BCUT2D eigenvalue weighted by Gasteiger charge is 2.48. The number of nitrogens with zero attached hydrogens (tertiary/aromatic N) is 1. The first-order chi connectivity index (χ1) is 11.2. The number of hydrogen-bond acceptors (Lipinski definition) is 4. The van der Waals surface area contributed by atoms with Gasteiger partial charge in [-0.05, 0) is 43.5 Å². The first-order valence-electron chi connectivity index (χ1n) is 7.83. The van der Waals surface area contributed by atoms with E-state index in [1.54, 1.807) is 38.3 Å². The molecule has 1 heterocycles. The van der Waals surface area contributed by atoms with Crippen LogP contribution in [-0.4, -0.2) is 41.9 Å². The molecule has 7 nitrogen and oxygen atoms in total. The number of anilines is 1. The minimum atomic E-state index is -0.953. The normalized spacial score (nSPS) is 20.3. The van der Waals surface area contributed by atoms with Crippen molar-refractivity contribution in [1.29, 1.82) is 0 Å². The minimum Gasteiger partial charge on any atom is -0.497 e. The fourth-order valence-corrected chi connectivity index (χ4v) is 2.86. The molecule has 0 spiro atoms. The molecule has 0 aromatic heterocycles. The lowest BCUT2D eigenvalue weighted by molar-refractivity contribution is -0.133. The Morgan fingerprint density at radius 3 is 2.46 bits per heavy atom. The molecular formula is C17H23N3O4. The number of carbonyl (C=O) groups is 3. The predicted molar refractivity (Wildman–Crippen MR) is 89.7 cm³/mol. The Morgan fingerprint density at radius 1 is 1.29 bits per heavy atom. The van der Waals surface area contributed by atoms with Crippen LogP contribution in [0.2, 0.25) is 0 Å². The number of urea groups is 1.